The van der Waals surface area contributed by atoms with E-state index in [0.29, 0.717) is 5.92 Å². The van der Waals surface area contributed by atoms with E-state index in [9.17, 15) is 0 Å². The van der Waals surface area contributed by atoms with Crippen LogP contribution >= 0.6 is 0 Å². The maximum Gasteiger partial charge on any atom is 0.0484 e. The van der Waals surface area contributed by atoms with Gasteiger partial charge in [-0.25, -0.2) is 0 Å². The number of fused-ring (bicyclic) bond motifs is 2. The summed E-state index contributed by atoms with van der Waals surface area (Å²) in [4.78, 5) is 2.45. The van der Waals surface area contributed by atoms with Crippen molar-refractivity contribution >= 4 is 11.4 Å². The van der Waals surface area contributed by atoms with Gasteiger partial charge >= 0.3 is 0 Å². The summed E-state index contributed by atoms with van der Waals surface area (Å²) in [5.41, 5.74) is 8.24. The van der Waals surface area contributed by atoms with E-state index in [1.807, 2.05) is 0 Å². The summed E-state index contributed by atoms with van der Waals surface area (Å²) in [6.45, 7) is 5.41. The average molecular weight is 313 g/mol. The van der Waals surface area contributed by atoms with Gasteiger partial charge in [-0.05, 0) is 52.8 Å². The Morgan fingerprint density at radius 2 is 1.33 bits per heavy atom. The van der Waals surface area contributed by atoms with Crippen LogP contribution in [0.15, 0.2) is 72.8 Å². The summed E-state index contributed by atoms with van der Waals surface area (Å²) in [5.74, 6) is 0.566. The normalized spacial score (nSPS) is 13.4. The van der Waals surface area contributed by atoms with E-state index in [0.717, 1.165) is 13.0 Å². The lowest BCUT2D eigenvalue weighted by Crippen LogP contribution is -2.16. The molecular formula is C23H23N. The highest BCUT2D eigenvalue weighted by molar-refractivity contribution is 5.69. The second-order valence-corrected chi connectivity index (χ2v) is 6.91. The number of anilines is 2. The molecule has 1 nitrogen and oxygen atoms in total. The molecule has 0 fully saturated rings. The first kappa shape index (κ1) is 15.0. The Morgan fingerprint density at radius 1 is 0.708 bits per heavy atom. The van der Waals surface area contributed by atoms with E-state index in [2.05, 4.69) is 91.5 Å². The van der Waals surface area contributed by atoms with Crippen LogP contribution in [0.2, 0.25) is 0 Å². The van der Waals surface area contributed by atoms with Crippen LogP contribution < -0.4 is 4.90 Å². The molecule has 0 saturated heterocycles. The smallest absolute Gasteiger partial charge is 0.0484 e. The van der Waals surface area contributed by atoms with Crippen molar-refractivity contribution in [3.8, 4) is 0 Å². The van der Waals surface area contributed by atoms with Gasteiger partial charge in [0.2, 0.25) is 0 Å². The lowest BCUT2D eigenvalue weighted by Gasteiger charge is -2.26. The zero-order chi connectivity index (χ0) is 16.5. The van der Waals surface area contributed by atoms with E-state index < -0.39 is 0 Å². The number of hydrogen-bond donors (Lipinski definition) is 0. The Morgan fingerprint density at radius 3 is 2.04 bits per heavy atom. The molecule has 1 heteroatoms. The molecule has 0 spiro atoms. The van der Waals surface area contributed by atoms with Crippen molar-refractivity contribution in [3.05, 3.63) is 95.1 Å². The van der Waals surface area contributed by atoms with Crippen molar-refractivity contribution in [1.29, 1.82) is 0 Å². The van der Waals surface area contributed by atoms with Crippen LogP contribution in [-0.4, -0.2) is 0 Å². The molecule has 0 saturated carbocycles. The Hall–Kier alpha value is -2.54. The molecule has 4 rings (SSSR count). The predicted octanol–water partition coefficient (Wildman–Crippen LogP) is 6.05. The molecule has 1 aliphatic rings. The van der Waals surface area contributed by atoms with Gasteiger partial charge < -0.3 is 4.90 Å². The lowest BCUT2D eigenvalue weighted by atomic mass is 10.0. The van der Waals surface area contributed by atoms with Crippen LogP contribution in [-0.2, 0) is 13.0 Å². The fraction of sp³-hybridized carbons (Fsp3) is 0.217. The first-order valence-corrected chi connectivity index (χ1v) is 8.74. The Bertz CT molecular complexity index is 846. The number of nitrogens with zero attached hydrogens (tertiary/aromatic N) is 1. The Kier molecular flexibility index (Phi) is 3.86. The molecule has 0 amide bonds. The fourth-order valence-electron chi connectivity index (χ4n) is 3.54. The van der Waals surface area contributed by atoms with Gasteiger partial charge in [0.1, 0.15) is 0 Å². The highest BCUT2D eigenvalue weighted by atomic mass is 15.1. The molecule has 0 N–H and O–H groups in total. The van der Waals surface area contributed by atoms with Crippen molar-refractivity contribution in [2.45, 2.75) is 32.7 Å². The molecule has 3 aromatic rings. The largest absolute Gasteiger partial charge is 0.337 e. The van der Waals surface area contributed by atoms with E-state index >= 15 is 0 Å². The summed E-state index contributed by atoms with van der Waals surface area (Å²) in [7, 11) is 0. The third-order valence-electron chi connectivity index (χ3n) is 4.98. The van der Waals surface area contributed by atoms with Crippen molar-refractivity contribution in [3.63, 3.8) is 0 Å². The molecular weight excluding hydrogens is 290 g/mol. The molecule has 0 unspecified atom stereocenters. The minimum atomic E-state index is 0.566. The van der Waals surface area contributed by atoms with Gasteiger partial charge in [-0.1, -0.05) is 68.4 Å². The summed E-state index contributed by atoms with van der Waals surface area (Å²) in [6.07, 6.45) is 1.01. The topological polar surface area (TPSA) is 3.24 Å². The molecule has 0 atom stereocenters. The monoisotopic (exact) mass is 313 g/mol. The lowest BCUT2D eigenvalue weighted by molar-refractivity contribution is 0.865. The number of benzene rings is 3. The highest BCUT2D eigenvalue weighted by Crippen LogP contribution is 2.36. The second-order valence-electron chi connectivity index (χ2n) is 6.91. The van der Waals surface area contributed by atoms with Gasteiger partial charge in [0.15, 0.2) is 0 Å². The van der Waals surface area contributed by atoms with Gasteiger partial charge in [0.25, 0.3) is 0 Å². The fourth-order valence-corrected chi connectivity index (χ4v) is 3.54. The molecule has 0 bridgehead atoms. The van der Waals surface area contributed by atoms with Crippen molar-refractivity contribution < 1.29 is 0 Å². The summed E-state index contributed by atoms with van der Waals surface area (Å²) in [6, 6.07) is 26.7. The first-order valence-electron chi connectivity index (χ1n) is 8.74. The van der Waals surface area contributed by atoms with Crippen LogP contribution in [0.25, 0.3) is 0 Å². The summed E-state index contributed by atoms with van der Waals surface area (Å²) in [5, 5.41) is 0. The van der Waals surface area contributed by atoms with E-state index in [1.54, 1.807) is 0 Å². The average Bonchev–Trinajstić information content (AvgIpc) is 2.78. The molecule has 3 aromatic carbocycles. The Balaban J connectivity index is 1.81. The molecule has 0 aromatic heterocycles. The first-order chi connectivity index (χ1) is 11.7. The number of rotatable bonds is 2. The maximum atomic E-state index is 2.45. The van der Waals surface area contributed by atoms with Gasteiger partial charge in [-0.3, -0.25) is 0 Å². The van der Waals surface area contributed by atoms with Gasteiger partial charge in [0.05, 0.1) is 0 Å². The maximum absolute atomic E-state index is 2.45. The van der Waals surface area contributed by atoms with Crippen LogP contribution in [0.5, 0.6) is 0 Å². The minimum absolute atomic E-state index is 0.566. The van der Waals surface area contributed by atoms with Crippen LogP contribution in [0.3, 0.4) is 0 Å². The van der Waals surface area contributed by atoms with Crippen molar-refractivity contribution in [1.82, 2.24) is 0 Å². The van der Waals surface area contributed by atoms with Crippen LogP contribution in [0, 0.1) is 0 Å². The third-order valence-corrected chi connectivity index (χ3v) is 4.98. The molecule has 120 valence electrons. The molecule has 1 heterocycles. The van der Waals surface area contributed by atoms with Crippen molar-refractivity contribution in [2.24, 2.45) is 0 Å². The zero-order valence-electron chi connectivity index (χ0n) is 14.4. The third kappa shape index (κ3) is 2.71. The molecule has 24 heavy (non-hydrogen) atoms. The highest BCUT2D eigenvalue weighted by Gasteiger charge is 2.19. The molecule has 1 aliphatic heterocycles. The second kappa shape index (κ2) is 6.16. The molecule has 0 radical (unpaired) electrons. The number of hydrogen-bond acceptors (Lipinski definition) is 1. The van der Waals surface area contributed by atoms with Gasteiger partial charge in [-0.15, -0.1) is 0 Å². The predicted molar refractivity (Wildman–Crippen MR) is 102 cm³/mol. The van der Waals surface area contributed by atoms with Crippen LogP contribution in [0.1, 0.15) is 42.0 Å². The van der Waals surface area contributed by atoms with E-state index in [4.69, 9.17) is 0 Å². The number of para-hydroxylation sites is 1. The van der Waals surface area contributed by atoms with E-state index in [1.165, 1.54) is 33.6 Å². The van der Waals surface area contributed by atoms with Crippen LogP contribution in [0.4, 0.5) is 11.4 Å². The Labute approximate surface area is 144 Å². The zero-order valence-corrected chi connectivity index (χ0v) is 14.4. The SMILES string of the molecule is CC(C)c1ccc(N2Cc3ccccc3Cc3ccccc32)cc1. The summed E-state index contributed by atoms with van der Waals surface area (Å²) < 4.78 is 0. The molecule has 0 aliphatic carbocycles. The van der Waals surface area contributed by atoms with Gasteiger partial charge in [0, 0.05) is 17.9 Å². The summed E-state index contributed by atoms with van der Waals surface area (Å²) >= 11 is 0. The standard InChI is InChI=1S/C23H23N/c1-17(2)18-11-13-22(14-12-18)24-16-21-9-4-3-7-19(21)15-20-8-5-6-10-23(20)24/h3-14,17H,15-16H2,1-2H3. The van der Waals surface area contributed by atoms with E-state index in [-0.39, 0.29) is 0 Å². The minimum Gasteiger partial charge on any atom is -0.337 e. The van der Waals surface area contributed by atoms with Gasteiger partial charge in [-0.2, -0.15) is 0 Å². The van der Waals surface area contributed by atoms with Crippen molar-refractivity contribution in [2.75, 3.05) is 4.90 Å². The quantitative estimate of drug-likeness (QED) is 0.556.